The predicted molar refractivity (Wildman–Crippen MR) is 85.5 cm³/mol. The van der Waals surface area contributed by atoms with Crippen LogP contribution in [0.15, 0.2) is 42.5 Å². The summed E-state index contributed by atoms with van der Waals surface area (Å²) in [6.07, 6.45) is -0.674. The molecule has 0 fully saturated rings. The molecule has 2 unspecified atom stereocenters. The van der Waals surface area contributed by atoms with E-state index in [1.807, 2.05) is 6.92 Å². The van der Waals surface area contributed by atoms with Crippen molar-refractivity contribution in [2.45, 2.75) is 19.1 Å². The molecule has 0 amide bonds. The van der Waals surface area contributed by atoms with Crippen molar-refractivity contribution in [3.8, 4) is 11.8 Å². The Balaban J connectivity index is 1.96. The van der Waals surface area contributed by atoms with Gasteiger partial charge in [-0.25, -0.2) is 4.39 Å². The quantitative estimate of drug-likeness (QED) is 0.860. The number of nitrogens with one attached hydrogen (secondary N) is 1. The highest BCUT2D eigenvalue weighted by molar-refractivity contribution is 5.34. The van der Waals surface area contributed by atoms with Crippen LogP contribution in [-0.4, -0.2) is 18.8 Å². The summed E-state index contributed by atoms with van der Waals surface area (Å²) in [5.41, 5.74) is 1.53. The minimum absolute atomic E-state index is 0.0271. The lowest BCUT2D eigenvalue weighted by atomic mass is 10.0. The first-order valence-corrected chi connectivity index (χ1v) is 7.30. The summed E-state index contributed by atoms with van der Waals surface area (Å²) in [6.45, 7) is 2.21. The molecule has 23 heavy (non-hydrogen) atoms. The van der Waals surface area contributed by atoms with Crippen molar-refractivity contribution in [3.63, 3.8) is 0 Å². The van der Waals surface area contributed by atoms with Crippen LogP contribution >= 0.6 is 0 Å². The molecular formula is C18H19FN2O2. The van der Waals surface area contributed by atoms with Crippen molar-refractivity contribution in [2.24, 2.45) is 0 Å². The molecule has 0 aromatic heterocycles. The predicted octanol–water partition coefficient (Wildman–Crippen LogP) is 3.09. The molecular weight excluding hydrogens is 295 g/mol. The minimum Gasteiger partial charge on any atom is -0.497 e. The number of hydrogen-bond donors (Lipinski definition) is 2. The van der Waals surface area contributed by atoms with E-state index in [0.717, 1.165) is 16.9 Å². The summed E-state index contributed by atoms with van der Waals surface area (Å²) in [6, 6.07) is 13.3. The highest BCUT2D eigenvalue weighted by Crippen LogP contribution is 2.20. The van der Waals surface area contributed by atoms with Crippen LogP contribution in [0.1, 0.15) is 35.8 Å². The third kappa shape index (κ3) is 4.28. The molecule has 120 valence electrons. The average Bonchev–Trinajstić information content (AvgIpc) is 2.59. The maximum absolute atomic E-state index is 13.6. The van der Waals surface area contributed by atoms with Crippen LogP contribution in [0.25, 0.3) is 0 Å². The van der Waals surface area contributed by atoms with Crippen molar-refractivity contribution >= 4 is 0 Å². The lowest BCUT2D eigenvalue weighted by Gasteiger charge is -2.18. The fourth-order valence-corrected chi connectivity index (χ4v) is 2.24. The molecule has 5 heteroatoms. The molecule has 0 aliphatic carbocycles. The Morgan fingerprint density at radius 1 is 1.22 bits per heavy atom. The van der Waals surface area contributed by atoms with Gasteiger partial charge in [-0.1, -0.05) is 18.2 Å². The number of ether oxygens (including phenoxy) is 1. The first kappa shape index (κ1) is 16.9. The Morgan fingerprint density at radius 3 is 2.43 bits per heavy atom. The molecule has 0 saturated heterocycles. The smallest absolute Gasteiger partial charge is 0.141 e. The first-order valence-electron chi connectivity index (χ1n) is 7.30. The van der Waals surface area contributed by atoms with Crippen molar-refractivity contribution in [1.29, 1.82) is 5.26 Å². The molecule has 0 spiro atoms. The van der Waals surface area contributed by atoms with Gasteiger partial charge in [-0.3, -0.25) is 0 Å². The first-order chi connectivity index (χ1) is 11.0. The molecule has 2 aromatic rings. The third-order valence-electron chi connectivity index (χ3n) is 3.73. The van der Waals surface area contributed by atoms with E-state index in [4.69, 9.17) is 10.00 Å². The third-order valence-corrected chi connectivity index (χ3v) is 3.73. The van der Waals surface area contributed by atoms with E-state index >= 15 is 0 Å². The number of nitriles is 1. The van der Waals surface area contributed by atoms with Crippen molar-refractivity contribution in [2.75, 3.05) is 13.7 Å². The number of nitrogens with zero attached hydrogens (tertiary/aromatic N) is 1. The van der Waals surface area contributed by atoms with Crippen LogP contribution in [-0.2, 0) is 0 Å². The van der Waals surface area contributed by atoms with Gasteiger partial charge in [0.1, 0.15) is 17.6 Å². The largest absolute Gasteiger partial charge is 0.497 e. The lowest BCUT2D eigenvalue weighted by Crippen LogP contribution is -2.24. The summed E-state index contributed by atoms with van der Waals surface area (Å²) in [5, 5.41) is 22.1. The van der Waals surface area contributed by atoms with Crippen LogP contribution in [0, 0.1) is 17.1 Å². The Labute approximate surface area is 135 Å². The van der Waals surface area contributed by atoms with Gasteiger partial charge in [0.2, 0.25) is 0 Å². The number of aliphatic hydroxyl groups excluding tert-OH is 1. The summed E-state index contributed by atoms with van der Waals surface area (Å²) in [7, 11) is 1.59. The summed E-state index contributed by atoms with van der Waals surface area (Å²) < 4.78 is 18.7. The Kier molecular flexibility index (Phi) is 5.69. The van der Waals surface area contributed by atoms with E-state index in [1.54, 1.807) is 43.5 Å². The Bertz CT molecular complexity index is 695. The number of aliphatic hydroxyl groups is 1. The molecule has 2 N–H and O–H groups in total. The highest BCUT2D eigenvalue weighted by atomic mass is 19.1. The SMILES string of the molecule is COc1ccc(C(O)CNC(C)c2ccc(C#N)c(F)c2)cc1. The van der Waals surface area contributed by atoms with Gasteiger partial charge in [0.05, 0.1) is 18.8 Å². The van der Waals surface area contributed by atoms with E-state index in [2.05, 4.69) is 5.32 Å². The standard InChI is InChI=1S/C18H19FN2O2/c1-12(14-3-4-15(10-20)17(19)9-14)21-11-18(22)13-5-7-16(23-2)8-6-13/h3-9,12,18,21-22H,11H2,1-2H3. The van der Waals surface area contributed by atoms with Gasteiger partial charge in [-0.05, 0) is 42.3 Å². The second-order valence-electron chi connectivity index (χ2n) is 5.27. The topological polar surface area (TPSA) is 65.3 Å². The van der Waals surface area contributed by atoms with Gasteiger partial charge in [0.25, 0.3) is 0 Å². The van der Waals surface area contributed by atoms with Crippen LogP contribution in [0.5, 0.6) is 5.75 Å². The molecule has 4 nitrogen and oxygen atoms in total. The van der Waals surface area contributed by atoms with E-state index in [-0.39, 0.29) is 11.6 Å². The monoisotopic (exact) mass is 314 g/mol. The fourth-order valence-electron chi connectivity index (χ4n) is 2.24. The zero-order valence-electron chi connectivity index (χ0n) is 13.1. The van der Waals surface area contributed by atoms with E-state index in [9.17, 15) is 9.50 Å². The highest BCUT2D eigenvalue weighted by Gasteiger charge is 2.12. The van der Waals surface area contributed by atoms with Crippen LogP contribution < -0.4 is 10.1 Å². The van der Waals surface area contributed by atoms with Gasteiger partial charge >= 0.3 is 0 Å². The van der Waals surface area contributed by atoms with Gasteiger partial charge < -0.3 is 15.2 Å². The molecule has 2 aromatic carbocycles. The van der Waals surface area contributed by atoms with Crippen molar-refractivity contribution in [3.05, 3.63) is 65.0 Å². The molecule has 0 bridgehead atoms. The normalized spacial score (nSPS) is 13.2. The zero-order valence-corrected chi connectivity index (χ0v) is 13.1. The maximum atomic E-state index is 13.6. The van der Waals surface area contributed by atoms with Crippen LogP contribution in [0.2, 0.25) is 0 Å². The molecule has 0 radical (unpaired) electrons. The maximum Gasteiger partial charge on any atom is 0.141 e. The number of benzene rings is 2. The fraction of sp³-hybridized carbons (Fsp3) is 0.278. The van der Waals surface area contributed by atoms with E-state index in [1.165, 1.54) is 12.1 Å². The Hall–Kier alpha value is -2.42. The molecule has 2 rings (SSSR count). The molecule has 0 aliphatic heterocycles. The Morgan fingerprint density at radius 2 is 1.87 bits per heavy atom. The van der Waals surface area contributed by atoms with Crippen LogP contribution in [0.3, 0.4) is 0 Å². The number of halogens is 1. The van der Waals surface area contributed by atoms with Crippen molar-refractivity contribution < 1.29 is 14.2 Å². The number of methoxy groups -OCH3 is 1. The number of hydrogen-bond acceptors (Lipinski definition) is 4. The second kappa shape index (κ2) is 7.73. The lowest BCUT2D eigenvalue weighted by molar-refractivity contribution is 0.170. The zero-order chi connectivity index (χ0) is 16.8. The summed E-state index contributed by atoms with van der Waals surface area (Å²) in [4.78, 5) is 0. The van der Waals surface area contributed by atoms with E-state index < -0.39 is 11.9 Å². The van der Waals surface area contributed by atoms with Gasteiger partial charge in [0.15, 0.2) is 0 Å². The van der Waals surface area contributed by atoms with Gasteiger partial charge in [0, 0.05) is 12.6 Å². The molecule has 0 heterocycles. The number of rotatable bonds is 6. The van der Waals surface area contributed by atoms with Gasteiger partial charge in [-0.2, -0.15) is 5.26 Å². The second-order valence-corrected chi connectivity index (χ2v) is 5.27. The average molecular weight is 314 g/mol. The summed E-state index contributed by atoms with van der Waals surface area (Å²) >= 11 is 0. The van der Waals surface area contributed by atoms with Crippen LogP contribution in [0.4, 0.5) is 4.39 Å². The van der Waals surface area contributed by atoms with E-state index in [0.29, 0.717) is 6.54 Å². The molecule has 0 aliphatic rings. The summed E-state index contributed by atoms with van der Waals surface area (Å²) in [5.74, 6) is 0.199. The minimum atomic E-state index is -0.674. The van der Waals surface area contributed by atoms with Gasteiger partial charge in [-0.15, -0.1) is 0 Å². The van der Waals surface area contributed by atoms with Crippen molar-refractivity contribution in [1.82, 2.24) is 5.32 Å². The molecule has 2 atom stereocenters. The molecule has 0 saturated carbocycles.